The van der Waals surface area contributed by atoms with Crippen LogP contribution in [-0.4, -0.2) is 14.8 Å². The molecule has 0 aliphatic carbocycles. The van der Waals surface area contributed by atoms with Crippen LogP contribution in [0.1, 0.15) is 6.92 Å². The van der Waals surface area contributed by atoms with Gasteiger partial charge in [-0.15, -0.1) is 0 Å². The standard InChI is InChI=1S/C7H9N3/c1-3-7(4-2)10-6-8-5-9-10/h3-6H,1H2,2H3/b7-4+. The predicted molar refractivity (Wildman–Crippen MR) is 40.2 cm³/mol. The third-order valence-corrected chi connectivity index (χ3v) is 1.19. The Morgan fingerprint density at radius 2 is 2.50 bits per heavy atom. The fourth-order valence-electron chi connectivity index (χ4n) is 0.685. The smallest absolute Gasteiger partial charge is 0.138 e. The molecule has 0 fully saturated rings. The number of allylic oxidation sites excluding steroid dienone is 3. The van der Waals surface area contributed by atoms with Crippen molar-refractivity contribution in [3.05, 3.63) is 31.4 Å². The van der Waals surface area contributed by atoms with E-state index in [1.807, 2.05) is 13.0 Å². The number of rotatable bonds is 2. The normalized spacial score (nSPS) is 11.5. The zero-order valence-corrected chi connectivity index (χ0v) is 5.86. The molecule has 0 spiro atoms. The molecule has 1 heterocycles. The molecule has 1 aromatic rings. The van der Waals surface area contributed by atoms with Gasteiger partial charge in [0.25, 0.3) is 0 Å². The summed E-state index contributed by atoms with van der Waals surface area (Å²) in [6, 6.07) is 0. The highest BCUT2D eigenvalue weighted by atomic mass is 15.3. The summed E-state index contributed by atoms with van der Waals surface area (Å²) in [5, 5.41) is 3.92. The second-order valence-corrected chi connectivity index (χ2v) is 1.76. The first-order valence-corrected chi connectivity index (χ1v) is 3.02. The summed E-state index contributed by atoms with van der Waals surface area (Å²) >= 11 is 0. The second-order valence-electron chi connectivity index (χ2n) is 1.76. The van der Waals surface area contributed by atoms with Gasteiger partial charge in [0.1, 0.15) is 12.7 Å². The minimum absolute atomic E-state index is 0.942. The molecule has 10 heavy (non-hydrogen) atoms. The Kier molecular flexibility index (Phi) is 1.99. The maximum Gasteiger partial charge on any atom is 0.138 e. The molecule has 0 N–H and O–H groups in total. The summed E-state index contributed by atoms with van der Waals surface area (Å²) in [7, 11) is 0. The van der Waals surface area contributed by atoms with E-state index in [2.05, 4.69) is 16.7 Å². The van der Waals surface area contributed by atoms with Crippen molar-refractivity contribution in [2.45, 2.75) is 6.92 Å². The first-order chi connectivity index (χ1) is 4.88. The van der Waals surface area contributed by atoms with Gasteiger partial charge in [0.2, 0.25) is 0 Å². The van der Waals surface area contributed by atoms with Crippen LogP contribution in [0.4, 0.5) is 0 Å². The highest BCUT2D eigenvalue weighted by Gasteiger charge is 1.91. The van der Waals surface area contributed by atoms with Crippen LogP contribution in [0.25, 0.3) is 5.70 Å². The third kappa shape index (κ3) is 1.13. The molecule has 52 valence electrons. The van der Waals surface area contributed by atoms with Gasteiger partial charge in [0.05, 0.1) is 5.70 Å². The van der Waals surface area contributed by atoms with E-state index in [-0.39, 0.29) is 0 Å². The molecule has 0 aliphatic rings. The molecule has 0 saturated carbocycles. The van der Waals surface area contributed by atoms with Crippen molar-refractivity contribution in [1.29, 1.82) is 0 Å². The van der Waals surface area contributed by atoms with Crippen molar-refractivity contribution in [3.63, 3.8) is 0 Å². The van der Waals surface area contributed by atoms with Crippen molar-refractivity contribution in [2.24, 2.45) is 0 Å². The Balaban J connectivity index is 2.95. The number of hydrogen-bond donors (Lipinski definition) is 0. The summed E-state index contributed by atoms with van der Waals surface area (Å²) in [4.78, 5) is 3.80. The molecule has 0 unspecified atom stereocenters. The Morgan fingerprint density at radius 1 is 1.70 bits per heavy atom. The molecule has 3 heteroatoms. The number of nitrogens with zero attached hydrogens (tertiary/aromatic N) is 3. The summed E-state index contributed by atoms with van der Waals surface area (Å²) in [6.45, 7) is 5.56. The van der Waals surface area contributed by atoms with Gasteiger partial charge in [-0.2, -0.15) is 5.10 Å². The Labute approximate surface area is 59.7 Å². The van der Waals surface area contributed by atoms with Gasteiger partial charge in [0.15, 0.2) is 0 Å². The maximum absolute atomic E-state index is 3.92. The second kappa shape index (κ2) is 2.96. The first kappa shape index (κ1) is 6.74. The lowest BCUT2D eigenvalue weighted by molar-refractivity contribution is 0.907. The molecule has 1 rings (SSSR count). The summed E-state index contributed by atoms with van der Waals surface area (Å²) in [5.41, 5.74) is 0.942. The Morgan fingerprint density at radius 3 is 2.90 bits per heavy atom. The van der Waals surface area contributed by atoms with Gasteiger partial charge in [-0.1, -0.05) is 12.7 Å². The zero-order valence-electron chi connectivity index (χ0n) is 5.86. The lowest BCUT2D eigenvalue weighted by Crippen LogP contribution is -1.93. The van der Waals surface area contributed by atoms with Gasteiger partial charge in [-0.25, -0.2) is 9.67 Å². The summed E-state index contributed by atoms with van der Waals surface area (Å²) in [5.74, 6) is 0. The van der Waals surface area contributed by atoms with Crippen LogP contribution >= 0.6 is 0 Å². The van der Waals surface area contributed by atoms with Crippen molar-refractivity contribution in [2.75, 3.05) is 0 Å². The average molecular weight is 135 g/mol. The predicted octanol–water partition coefficient (Wildman–Crippen LogP) is 1.32. The van der Waals surface area contributed by atoms with Gasteiger partial charge in [-0.05, 0) is 13.0 Å². The van der Waals surface area contributed by atoms with Crippen molar-refractivity contribution >= 4 is 5.70 Å². The van der Waals surface area contributed by atoms with E-state index >= 15 is 0 Å². The van der Waals surface area contributed by atoms with Gasteiger partial charge < -0.3 is 0 Å². The Bertz CT molecular complexity index is 233. The summed E-state index contributed by atoms with van der Waals surface area (Å²) in [6.07, 6.45) is 6.78. The molecular formula is C7H9N3. The van der Waals surface area contributed by atoms with Crippen LogP contribution < -0.4 is 0 Å². The first-order valence-electron chi connectivity index (χ1n) is 3.02. The highest BCUT2D eigenvalue weighted by molar-refractivity contribution is 5.53. The quantitative estimate of drug-likeness (QED) is 0.572. The lowest BCUT2D eigenvalue weighted by Gasteiger charge is -1.96. The third-order valence-electron chi connectivity index (χ3n) is 1.19. The van der Waals surface area contributed by atoms with E-state index in [9.17, 15) is 0 Å². The minimum atomic E-state index is 0.942. The van der Waals surface area contributed by atoms with Crippen molar-refractivity contribution < 1.29 is 0 Å². The van der Waals surface area contributed by atoms with Gasteiger partial charge in [-0.3, -0.25) is 0 Å². The molecule has 3 nitrogen and oxygen atoms in total. The van der Waals surface area contributed by atoms with Crippen LogP contribution in [0, 0.1) is 0 Å². The van der Waals surface area contributed by atoms with Crippen molar-refractivity contribution in [3.8, 4) is 0 Å². The van der Waals surface area contributed by atoms with E-state index in [1.54, 1.807) is 17.1 Å². The topological polar surface area (TPSA) is 30.7 Å². The lowest BCUT2D eigenvalue weighted by atomic mass is 10.4. The van der Waals surface area contributed by atoms with E-state index in [4.69, 9.17) is 0 Å². The van der Waals surface area contributed by atoms with Crippen LogP contribution in [0.3, 0.4) is 0 Å². The minimum Gasteiger partial charge on any atom is -0.223 e. The zero-order chi connectivity index (χ0) is 7.40. The van der Waals surface area contributed by atoms with E-state index < -0.39 is 0 Å². The van der Waals surface area contributed by atoms with Crippen LogP contribution in [0.5, 0.6) is 0 Å². The molecule has 1 aromatic heterocycles. The molecular weight excluding hydrogens is 126 g/mol. The molecule has 0 bridgehead atoms. The highest BCUT2D eigenvalue weighted by Crippen LogP contribution is 1.99. The average Bonchev–Trinajstić information content (AvgIpc) is 2.43. The van der Waals surface area contributed by atoms with Gasteiger partial charge in [0, 0.05) is 0 Å². The largest absolute Gasteiger partial charge is 0.223 e. The molecule has 0 aliphatic heterocycles. The van der Waals surface area contributed by atoms with Crippen LogP contribution in [-0.2, 0) is 0 Å². The van der Waals surface area contributed by atoms with E-state index in [0.29, 0.717) is 0 Å². The van der Waals surface area contributed by atoms with Crippen LogP contribution in [0.2, 0.25) is 0 Å². The van der Waals surface area contributed by atoms with Crippen LogP contribution in [0.15, 0.2) is 31.4 Å². The summed E-state index contributed by atoms with van der Waals surface area (Å²) < 4.78 is 1.66. The number of hydrogen-bond acceptors (Lipinski definition) is 2. The molecule has 0 amide bonds. The molecule has 0 radical (unpaired) electrons. The fourth-order valence-corrected chi connectivity index (χ4v) is 0.685. The monoisotopic (exact) mass is 135 g/mol. The van der Waals surface area contributed by atoms with Gasteiger partial charge >= 0.3 is 0 Å². The SMILES string of the molecule is C=C/C(=C\C)n1cncn1. The number of aromatic nitrogens is 3. The molecule has 0 aromatic carbocycles. The molecule has 0 atom stereocenters. The van der Waals surface area contributed by atoms with E-state index in [0.717, 1.165) is 5.70 Å². The maximum atomic E-state index is 3.92. The van der Waals surface area contributed by atoms with E-state index in [1.165, 1.54) is 6.33 Å². The van der Waals surface area contributed by atoms with Crippen molar-refractivity contribution in [1.82, 2.24) is 14.8 Å². The Hall–Kier alpha value is -1.38. The fraction of sp³-hybridized carbons (Fsp3) is 0.143. The molecule has 0 saturated heterocycles.